The van der Waals surface area contributed by atoms with Crippen molar-refractivity contribution >= 4 is 19.4 Å². The molecular weight excluding hydrogens is 284 g/mol. The van der Waals surface area contributed by atoms with Crippen molar-refractivity contribution in [2.75, 3.05) is 13.7 Å². The normalized spacial score (nSPS) is 12.5. The number of nitrogens with zero attached hydrogens (tertiary/aromatic N) is 2. The lowest BCUT2D eigenvalue weighted by Gasteiger charge is -2.15. The van der Waals surface area contributed by atoms with E-state index < -0.39 is 8.07 Å². The second-order valence-corrected chi connectivity index (χ2v) is 11.9. The van der Waals surface area contributed by atoms with Crippen LogP contribution in [0.15, 0.2) is 18.9 Å². The van der Waals surface area contributed by atoms with Crippen LogP contribution >= 0.6 is 0 Å². The van der Waals surface area contributed by atoms with E-state index in [0.29, 0.717) is 19.0 Å². The van der Waals surface area contributed by atoms with Crippen molar-refractivity contribution in [3.8, 4) is 0 Å². The molecule has 118 valence electrons. The van der Waals surface area contributed by atoms with Crippen LogP contribution in [0.2, 0.25) is 25.7 Å². The van der Waals surface area contributed by atoms with Crippen molar-refractivity contribution in [3.63, 3.8) is 0 Å². The molecule has 0 aliphatic heterocycles. The van der Waals surface area contributed by atoms with Gasteiger partial charge in [0.25, 0.3) is 0 Å². The van der Waals surface area contributed by atoms with Crippen molar-refractivity contribution in [2.24, 2.45) is 0 Å². The quantitative estimate of drug-likeness (QED) is 0.451. The first kappa shape index (κ1) is 17.5. The van der Waals surface area contributed by atoms with E-state index in [0.717, 1.165) is 17.3 Å². The summed E-state index contributed by atoms with van der Waals surface area (Å²) in [4.78, 5) is 0. The highest BCUT2D eigenvalue weighted by molar-refractivity contribution is 6.76. The average molecular weight is 310 g/mol. The number of hydrogen-bond donors (Lipinski definition) is 1. The molecule has 1 heterocycles. The first-order chi connectivity index (χ1) is 9.74. The lowest BCUT2D eigenvalue weighted by atomic mass is 10.2. The predicted molar refractivity (Wildman–Crippen MR) is 88.7 cm³/mol. The number of allylic oxidation sites excluding steroid dienone is 1. The van der Waals surface area contributed by atoms with Crippen molar-refractivity contribution in [2.45, 2.75) is 39.3 Å². The van der Waals surface area contributed by atoms with Gasteiger partial charge in [-0.3, -0.25) is 0 Å². The summed E-state index contributed by atoms with van der Waals surface area (Å²) >= 11 is 0. The number of aromatic nitrogens is 2. The van der Waals surface area contributed by atoms with Crippen LogP contribution in [0.3, 0.4) is 0 Å². The van der Waals surface area contributed by atoms with Gasteiger partial charge in [0.2, 0.25) is 0 Å². The molecule has 0 fully saturated rings. The van der Waals surface area contributed by atoms with Crippen LogP contribution in [0.5, 0.6) is 0 Å². The molecule has 6 heteroatoms. The molecule has 0 spiro atoms. The molecule has 0 aliphatic carbocycles. The van der Waals surface area contributed by atoms with Crippen molar-refractivity contribution in [1.29, 1.82) is 0 Å². The van der Waals surface area contributed by atoms with Gasteiger partial charge < -0.3 is 14.6 Å². The van der Waals surface area contributed by atoms with Gasteiger partial charge in [0.15, 0.2) is 0 Å². The number of aliphatic hydroxyl groups is 1. The van der Waals surface area contributed by atoms with Gasteiger partial charge in [-0.2, -0.15) is 5.10 Å². The maximum Gasteiger partial charge on any atom is 0.140 e. The standard InChI is InChI=1S/C15H26N2O3Si/c1-12(10-19-3)14-9-15(13(2)18)17(16-14)11-20-7-8-21(4,5)6/h9-10,18H,2,7-8,11H2,1,3-6H3/b12-10+. The Morgan fingerprint density at radius 3 is 2.67 bits per heavy atom. The van der Waals surface area contributed by atoms with Crippen molar-refractivity contribution < 1.29 is 14.6 Å². The number of rotatable bonds is 8. The minimum Gasteiger partial charge on any atom is -0.506 e. The van der Waals surface area contributed by atoms with Gasteiger partial charge in [-0.05, 0) is 19.0 Å². The van der Waals surface area contributed by atoms with Gasteiger partial charge in [-0.25, -0.2) is 4.68 Å². The van der Waals surface area contributed by atoms with E-state index in [2.05, 4.69) is 31.3 Å². The van der Waals surface area contributed by atoms with Crippen LogP contribution in [0.1, 0.15) is 18.3 Å². The Morgan fingerprint density at radius 2 is 2.14 bits per heavy atom. The molecule has 1 rings (SSSR count). The molecule has 1 aromatic heterocycles. The van der Waals surface area contributed by atoms with Crippen LogP contribution in [0.25, 0.3) is 11.3 Å². The van der Waals surface area contributed by atoms with E-state index >= 15 is 0 Å². The van der Waals surface area contributed by atoms with Gasteiger partial charge in [-0.1, -0.05) is 26.2 Å². The van der Waals surface area contributed by atoms with Gasteiger partial charge in [-0.15, -0.1) is 0 Å². The molecule has 1 aromatic rings. The van der Waals surface area contributed by atoms with E-state index in [9.17, 15) is 5.11 Å². The zero-order valence-electron chi connectivity index (χ0n) is 13.6. The van der Waals surface area contributed by atoms with Crippen LogP contribution in [-0.2, 0) is 16.2 Å². The van der Waals surface area contributed by atoms with E-state index in [-0.39, 0.29) is 5.76 Å². The highest BCUT2D eigenvalue weighted by Crippen LogP contribution is 2.18. The highest BCUT2D eigenvalue weighted by Gasteiger charge is 2.14. The van der Waals surface area contributed by atoms with E-state index in [1.165, 1.54) is 0 Å². The van der Waals surface area contributed by atoms with Gasteiger partial charge in [0, 0.05) is 20.3 Å². The van der Waals surface area contributed by atoms with E-state index in [4.69, 9.17) is 9.47 Å². The third-order valence-corrected chi connectivity index (χ3v) is 4.69. The minimum absolute atomic E-state index is 0.0206. The molecule has 0 aliphatic rings. The molecular formula is C15H26N2O3Si. The topological polar surface area (TPSA) is 56.5 Å². The number of aliphatic hydroxyl groups excluding tert-OH is 1. The van der Waals surface area contributed by atoms with Crippen LogP contribution in [0.4, 0.5) is 0 Å². The number of methoxy groups -OCH3 is 1. The second kappa shape index (κ2) is 7.47. The Bertz CT molecular complexity index is 515. The average Bonchev–Trinajstić information content (AvgIpc) is 2.78. The zero-order valence-corrected chi connectivity index (χ0v) is 14.6. The Morgan fingerprint density at radius 1 is 1.48 bits per heavy atom. The fourth-order valence-electron chi connectivity index (χ4n) is 1.71. The van der Waals surface area contributed by atoms with Gasteiger partial charge in [0.05, 0.1) is 19.1 Å². The summed E-state index contributed by atoms with van der Waals surface area (Å²) in [5.41, 5.74) is 2.17. The molecule has 0 saturated carbocycles. The summed E-state index contributed by atoms with van der Waals surface area (Å²) in [6.45, 7) is 13.4. The Hall–Kier alpha value is -1.53. The summed E-state index contributed by atoms with van der Waals surface area (Å²) in [5, 5.41) is 14.1. The van der Waals surface area contributed by atoms with E-state index in [1.54, 1.807) is 24.1 Å². The van der Waals surface area contributed by atoms with Gasteiger partial charge in [0.1, 0.15) is 18.2 Å². The fraction of sp³-hybridized carbons (Fsp3) is 0.533. The summed E-state index contributed by atoms with van der Waals surface area (Å²) < 4.78 is 12.3. The molecule has 0 saturated heterocycles. The molecule has 0 radical (unpaired) electrons. The molecule has 21 heavy (non-hydrogen) atoms. The van der Waals surface area contributed by atoms with E-state index in [1.807, 2.05) is 6.92 Å². The van der Waals surface area contributed by atoms with Crippen LogP contribution in [-0.4, -0.2) is 36.7 Å². The SMILES string of the molecule is C=C(O)c1cc(/C(C)=C/OC)nn1COCC[Si](C)(C)C. The lowest BCUT2D eigenvalue weighted by Crippen LogP contribution is -2.22. The maximum atomic E-state index is 9.66. The molecule has 0 atom stereocenters. The Labute approximate surface area is 127 Å². The minimum atomic E-state index is -1.10. The van der Waals surface area contributed by atoms with Crippen LogP contribution in [0, 0.1) is 0 Å². The van der Waals surface area contributed by atoms with Crippen molar-refractivity contribution in [1.82, 2.24) is 9.78 Å². The Kier molecular flexibility index (Phi) is 6.23. The summed E-state index contributed by atoms with van der Waals surface area (Å²) in [5.74, 6) is -0.0206. The van der Waals surface area contributed by atoms with Gasteiger partial charge >= 0.3 is 0 Å². The first-order valence-electron chi connectivity index (χ1n) is 6.98. The molecule has 0 bridgehead atoms. The molecule has 0 unspecified atom stereocenters. The second-order valence-electron chi connectivity index (χ2n) is 6.25. The number of hydrogen-bond acceptors (Lipinski definition) is 4. The molecule has 0 amide bonds. The maximum absolute atomic E-state index is 9.66. The first-order valence-corrected chi connectivity index (χ1v) is 10.7. The van der Waals surface area contributed by atoms with Crippen LogP contribution < -0.4 is 0 Å². The fourth-order valence-corrected chi connectivity index (χ4v) is 2.46. The monoisotopic (exact) mass is 310 g/mol. The smallest absolute Gasteiger partial charge is 0.140 e. The highest BCUT2D eigenvalue weighted by atomic mass is 28.3. The summed E-state index contributed by atoms with van der Waals surface area (Å²) in [6.07, 6.45) is 1.61. The molecule has 1 N–H and O–H groups in total. The summed E-state index contributed by atoms with van der Waals surface area (Å²) in [6, 6.07) is 2.87. The zero-order chi connectivity index (χ0) is 16.0. The number of ether oxygens (including phenoxy) is 2. The Balaban J connectivity index is 2.76. The molecule has 0 aromatic carbocycles. The lowest BCUT2D eigenvalue weighted by molar-refractivity contribution is 0.0773. The predicted octanol–water partition coefficient (Wildman–Crippen LogP) is 3.73. The third-order valence-electron chi connectivity index (χ3n) is 2.98. The molecule has 5 nitrogen and oxygen atoms in total. The van der Waals surface area contributed by atoms with Crippen molar-refractivity contribution in [3.05, 3.63) is 30.3 Å². The summed E-state index contributed by atoms with van der Waals surface area (Å²) in [7, 11) is 0.488. The third kappa shape index (κ3) is 5.77. The largest absolute Gasteiger partial charge is 0.506 e.